The summed E-state index contributed by atoms with van der Waals surface area (Å²) in [5.74, 6) is -2.35. The lowest BCUT2D eigenvalue weighted by molar-refractivity contribution is 0.0756. The van der Waals surface area contributed by atoms with Crippen LogP contribution in [0.15, 0.2) is 41.1 Å². The molecule has 0 amide bonds. The fourth-order valence-corrected chi connectivity index (χ4v) is 2.80. The Bertz CT molecular complexity index is 609. The van der Waals surface area contributed by atoms with Gasteiger partial charge in [-0.25, -0.2) is 0 Å². The van der Waals surface area contributed by atoms with Gasteiger partial charge in [0, 0.05) is 22.1 Å². The van der Waals surface area contributed by atoms with Crippen molar-refractivity contribution in [2.45, 2.75) is 0 Å². The summed E-state index contributed by atoms with van der Waals surface area (Å²) in [4.78, 5) is 36.4. The van der Waals surface area contributed by atoms with Crippen LogP contribution in [0.5, 0.6) is 0 Å². The Hall–Kier alpha value is -2.07. The fourth-order valence-electron chi connectivity index (χ4n) is 2.15. The minimum absolute atomic E-state index is 0.357. The van der Waals surface area contributed by atoms with Crippen LogP contribution in [0.3, 0.4) is 0 Å². The molecule has 0 bridgehead atoms. The highest BCUT2D eigenvalue weighted by molar-refractivity contribution is 7.08. The van der Waals surface area contributed by atoms with E-state index in [4.69, 9.17) is 0 Å². The van der Waals surface area contributed by atoms with Gasteiger partial charge in [-0.1, -0.05) is 24.3 Å². The third kappa shape index (κ3) is 1.46. The minimum atomic E-state index is -1.18. The Morgan fingerprint density at radius 2 is 1.61 bits per heavy atom. The first kappa shape index (κ1) is 11.0. The van der Waals surface area contributed by atoms with Crippen molar-refractivity contribution in [3.05, 3.63) is 57.8 Å². The highest BCUT2D eigenvalue weighted by atomic mass is 32.1. The lowest BCUT2D eigenvalue weighted by Gasteiger charge is -2.03. The van der Waals surface area contributed by atoms with Gasteiger partial charge in [0.05, 0.1) is 0 Å². The fraction of sp³-hybridized carbons (Fsp3) is 0.0714. The molecule has 0 fully saturated rings. The predicted molar refractivity (Wildman–Crippen MR) is 67.2 cm³/mol. The molecule has 0 atom stereocenters. The number of benzene rings is 1. The Morgan fingerprint density at radius 1 is 1.00 bits per heavy atom. The number of fused-ring (bicyclic) bond motifs is 1. The second kappa shape index (κ2) is 3.99. The van der Waals surface area contributed by atoms with Crippen LogP contribution in [-0.4, -0.2) is 17.3 Å². The molecule has 0 radical (unpaired) electrons. The average molecular weight is 256 g/mol. The minimum Gasteiger partial charge on any atom is -0.293 e. The number of thiophene rings is 1. The third-order valence-electron chi connectivity index (χ3n) is 3.05. The summed E-state index contributed by atoms with van der Waals surface area (Å²) in [5.41, 5.74) is 1.15. The summed E-state index contributed by atoms with van der Waals surface area (Å²) in [6, 6.07) is 8.21. The topological polar surface area (TPSA) is 51.2 Å². The van der Waals surface area contributed by atoms with Gasteiger partial charge in [0.25, 0.3) is 0 Å². The number of ketones is 3. The molecule has 3 rings (SSSR count). The Labute approximate surface area is 107 Å². The van der Waals surface area contributed by atoms with E-state index >= 15 is 0 Å². The van der Waals surface area contributed by atoms with Crippen LogP contribution in [0.2, 0.25) is 0 Å². The summed E-state index contributed by atoms with van der Waals surface area (Å²) in [7, 11) is 0. The molecule has 0 aliphatic heterocycles. The van der Waals surface area contributed by atoms with E-state index in [-0.39, 0.29) is 11.6 Å². The zero-order valence-electron chi connectivity index (χ0n) is 9.25. The molecule has 1 aromatic carbocycles. The standard InChI is InChI=1S/C14H8O3S/c15-12(8-5-6-18-7-8)11-13(16)9-3-1-2-4-10(9)14(11)17/h1-7,11H. The molecular formula is C14H8O3S. The number of carbonyl (C=O) groups is 3. The van der Waals surface area contributed by atoms with E-state index in [1.165, 1.54) is 11.3 Å². The number of hydrogen-bond donors (Lipinski definition) is 0. The maximum Gasteiger partial charge on any atom is 0.182 e. The second-order valence-corrected chi connectivity index (χ2v) is 4.86. The van der Waals surface area contributed by atoms with Crippen molar-refractivity contribution in [2.75, 3.05) is 0 Å². The van der Waals surface area contributed by atoms with Crippen LogP contribution < -0.4 is 0 Å². The van der Waals surface area contributed by atoms with E-state index in [1.807, 2.05) is 0 Å². The zero-order chi connectivity index (χ0) is 12.7. The van der Waals surface area contributed by atoms with Crippen LogP contribution in [0.4, 0.5) is 0 Å². The summed E-state index contributed by atoms with van der Waals surface area (Å²) >= 11 is 1.37. The highest BCUT2D eigenvalue weighted by Gasteiger charge is 2.43. The van der Waals surface area contributed by atoms with Gasteiger partial charge in [0.15, 0.2) is 17.3 Å². The van der Waals surface area contributed by atoms with Gasteiger partial charge in [-0.15, -0.1) is 0 Å². The van der Waals surface area contributed by atoms with E-state index in [9.17, 15) is 14.4 Å². The zero-order valence-corrected chi connectivity index (χ0v) is 10.1. The van der Waals surface area contributed by atoms with Crippen molar-refractivity contribution in [1.29, 1.82) is 0 Å². The maximum absolute atomic E-state index is 12.2. The first-order chi connectivity index (χ1) is 8.70. The average Bonchev–Trinajstić information content (AvgIpc) is 2.99. The van der Waals surface area contributed by atoms with Gasteiger partial charge in [-0.05, 0) is 11.4 Å². The van der Waals surface area contributed by atoms with Gasteiger partial charge < -0.3 is 0 Å². The molecule has 3 nitrogen and oxygen atoms in total. The first-order valence-corrected chi connectivity index (χ1v) is 6.38. The van der Waals surface area contributed by atoms with Crippen LogP contribution in [0.1, 0.15) is 31.1 Å². The molecule has 88 valence electrons. The van der Waals surface area contributed by atoms with E-state index < -0.39 is 11.7 Å². The van der Waals surface area contributed by atoms with Crippen LogP contribution in [0, 0.1) is 5.92 Å². The molecule has 0 spiro atoms. The number of Topliss-reactive ketones (excluding diaryl/α,β-unsaturated/α-hetero) is 3. The third-order valence-corrected chi connectivity index (χ3v) is 3.73. The molecule has 1 aliphatic rings. The van der Waals surface area contributed by atoms with Gasteiger partial charge in [-0.2, -0.15) is 11.3 Å². The summed E-state index contributed by atoms with van der Waals surface area (Å²) in [6.07, 6.45) is 0. The highest BCUT2D eigenvalue weighted by Crippen LogP contribution is 2.29. The van der Waals surface area contributed by atoms with Gasteiger partial charge in [-0.3, -0.25) is 14.4 Å². The summed E-state index contributed by atoms with van der Waals surface area (Å²) in [6.45, 7) is 0. The Balaban J connectivity index is 2.05. The maximum atomic E-state index is 12.2. The molecule has 0 unspecified atom stereocenters. The normalized spacial score (nSPS) is 14.9. The van der Waals surface area contributed by atoms with Crippen LogP contribution in [0.25, 0.3) is 0 Å². The molecule has 0 saturated heterocycles. The van der Waals surface area contributed by atoms with E-state index in [0.29, 0.717) is 16.7 Å². The number of hydrogen-bond acceptors (Lipinski definition) is 4. The molecule has 1 heterocycles. The van der Waals surface area contributed by atoms with Gasteiger partial charge in [0.2, 0.25) is 0 Å². The van der Waals surface area contributed by atoms with E-state index in [1.54, 1.807) is 41.1 Å². The number of rotatable bonds is 2. The van der Waals surface area contributed by atoms with Crippen molar-refractivity contribution >= 4 is 28.7 Å². The smallest absolute Gasteiger partial charge is 0.182 e. The molecule has 4 heteroatoms. The Kier molecular flexibility index (Phi) is 2.45. The molecule has 0 N–H and O–H groups in total. The molecule has 1 aromatic heterocycles. The summed E-state index contributed by atoms with van der Waals surface area (Å²) in [5, 5.41) is 3.41. The van der Waals surface area contributed by atoms with Crippen molar-refractivity contribution in [3.63, 3.8) is 0 Å². The van der Waals surface area contributed by atoms with Crippen molar-refractivity contribution in [2.24, 2.45) is 5.92 Å². The molecule has 0 saturated carbocycles. The lowest BCUT2D eigenvalue weighted by atomic mass is 9.95. The van der Waals surface area contributed by atoms with E-state index in [2.05, 4.69) is 0 Å². The quantitative estimate of drug-likeness (QED) is 0.613. The predicted octanol–water partition coefficient (Wildman–Crippen LogP) is 2.63. The van der Waals surface area contributed by atoms with Crippen molar-refractivity contribution < 1.29 is 14.4 Å². The number of carbonyl (C=O) groups excluding carboxylic acids is 3. The molecule has 1 aliphatic carbocycles. The largest absolute Gasteiger partial charge is 0.293 e. The van der Waals surface area contributed by atoms with E-state index in [0.717, 1.165) is 0 Å². The molecule has 2 aromatic rings. The van der Waals surface area contributed by atoms with Crippen LogP contribution in [-0.2, 0) is 0 Å². The van der Waals surface area contributed by atoms with Crippen LogP contribution >= 0.6 is 11.3 Å². The summed E-state index contributed by atoms with van der Waals surface area (Å²) < 4.78 is 0. The molecule has 18 heavy (non-hydrogen) atoms. The van der Waals surface area contributed by atoms with Crippen molar-refractivity contribution in [1.82, 2.24) is 0 Å². The lowest BCUT2D eigenvalue weighted by Crippen LogP contribution is -2.25. The first-order valence-electron chi connectivity index (χ1n) is 5.44. The second-order valence-electron chi connectivity index (χ2n) is 4.08. The van der Waals surface area contributed by atoms with Crippen molar-refractivity contribution in [3.8, 4) is 0 Å². The Morgan fingerprint density at radius 3 is 2.11 bits per heavy atom. The van der Waals surface area contributed by atoms with Gasteiger partial charge >= 0.3 is 0 Å². The molecular weight excluding hydrogens is 248 g/mol. The monoisotopic (exact) mass is 256 g/mol. The SMILES string of the molecule is O=C(c1ccsc1)C1C(=O)c2ccccc2C1=O. The van der Waals surface area contributed by atoms with Gasteiger partial charge in [0.1, 0.15) is 5.92 Å².